The average molecular weight is 216 g/mol. The van der Waals surface area contributed by atoms with Crippen LogP contribution in [0, 0.1) is 0 Å². The lowest BCUT2D eigenvalue weighted by molar-refractivity contribution is -0.142. The van der Waals surface area contributed by atoms with Gasteiger partial charge in [0.25, 0.3) is 0 Å². The van der Waals surface area contributed by atoms with E-state index in [0.717, 1.165) is 5.01 Å². The third-order valence-electron chi connectivity index (χ3n) is 1.61. The molecule has 6 heteroatoms. The van der Waals surface area contributed by atoms with Gasteiger partial charge in [0.1, 0.15) is 11.0 Å². The first-order valence-corrected chi connectivity index (χ1v) is 4.83. The van der Waals surface area contributed by atoms with Crippen LogP contribution in [0.5, 0.6) is 0 Å². The van der Waals surface area contributed by atoms with Gasteiger partial charge < -0.3 is 15.2 Å². The van der Waals surface area contributed by atoms with Crippen LogP contribution in [0.2, 0.25) is 0 Å². The summed E-state index contributed by atoms with van der Waals surface area (Å²) in [6, 6.07) is -0.804. The van der Waals surface area contributed by atoms with Crippen molar-refractivity contribution in [3.63, 3.8) is 0 Å². The molecule has 1 unspecified atom stereocenters. The quantitative estimate of drug-likeness (QED) is 0.740. The Morgan fingerprint density at radius 1 is 1.71 bits per heavy atom. The summed E-state index contributed by atoms with van der Waals surface area (Å²) in [5.41, 5.74) is 6.11. The van der Waals surface area contributed by atoms with Crippen LogP contribution in [0.3, 0.4) is 0 Å². The maximum Gasteiger partial charge on any atom is 0.328 e. The molecule has 14 heavy (non-hydrogen) atoms. The standard InChI is InChI=1S/C8H12N2O3S/c1-12-3-6-10-5(4-14-6)7(9)8(11)13-2/h4,7H,3,9H2,1-2H3. The summed E-state index contributed by atoms with van der Waals surface area (Å²) in [5, 5.41) is 2.53. The number of carbonyl (C=O) groups is 1. The summed E-state index contributed by atoms with van der Waals surface area (Å²) < 4.78 is 9.40. The number of esters is 1. The highest BCUT2D eigenvalue weighted by molar-refractivity contribution is 7.09. The van der Waals surface area contributed by atoms with E-state index in [4.69, 9.17) is 10.5 Å². The van der Waals surface area contributed by atoms with Gasteiger partial charge in [-0.05, 0) is 0 Å². The highest BCUT2D eigenvalue weighted by Crippen LogP contribution is 2.16. The second-order valence-electron chi connectivity index (χ2n) is 2.60. The topological polar surface area (TPSA) is 74.4 Å². The van der Waals surface area contributed by atoms with Crippen LogP contribution in [0.25, 0.3) is 0 Å². The average Bonchev–Trinajstić information content (AvgIpc) is 2.64. The Bertz CT molecular complexity index is 313. The van der Waals surface area contributed by atoms with Gasteiger partial charge >= 0.3 is 5.97 Å². The first-order valence-electron chi connectivity index (χ1n) is 3.95. The fourth-order valence-electron chi connectivity index (χ4n) is 0.905. The molecule has 0 fully saturated rings. The van der Waals surface area contributed by atoms with E-state index in [1.165, 1.54) is 18.4 Å². The zero-order chi connectivity index (χ0) is 10.6. The second kappa shape index (κ2) is 5.04. The third kappa shape index (κ3) is 2.50. The lowest BCUT2D eigenvalue weighted by atomic mass is 10.2. The van der Waals surface area contributed by atoms with Crippen molar-refractivity contribution in [2.24, 2.45) is 5.73 Å². The maximum atomic E-state index is 11.1. The van der Waals surface area contributed by atoms with E-state index in [2.05, 4.69) is 9.72 Å². The van der Waals surface area contributed by atoms with Gasteiger partial charge in [0, 0.05) is 12.5 Å². The summed E-state index contributed by atoms with van der Waals surface area (Å²) in [5.74, 6) is -0.487. The molecule has 0 aliphatic carbocycles. The molecular formula is C8H12N2O3S. The number of thiazole rings is 1. The number of nitrogens with zero attached hydrogens (tertiary/aromatic N) is 1. The van der Waals surface area contributed by atoms with Crippen LogP contribution >= 0.6 is 11.3 Å². The predicted octanol–water partition coefficient (Wildman–Crippen LogP) is 0.462. The van der Waals surface area contributed by atoms with Gasteiger partial charge in [-0.15, -0.1) is 11.3 Å². The number of hydrogen-bond acceptors (Lipinski definition) is 6. The van der Waals surface area contributed by atoms with E-state index in [-0.39, 0.29) is 0 Å². The molecule has 0 saturated heterocycles. The number of ether oxygens (including phenoxy) is 2. The monoisotopic (exact) mass is 216 g/mol. The molecule has 0 aromatic carbocycles. The van der Waals surface area contributed by atoms with Gasteiger partial charge in [-0.1, -0.05) is 0 Å². The number of nitrogens with two attached hydrogens (primary N) is 1. The lowest BCUT2D eigenvalue weighted by Crippen LogP contribution is -2.22. The van der Waals surface area contributed by atoms with Crippen molar-refractivity contribution >= 4 is 17.3 Å². The molecule has 1 rings (SSSR count). The van der Waals surface area contributed by atoms with E-state index in [1.807, 2.05) is 0 Å². The Morgan fingerprint density at radius 3 is 3.00 bits per heavy atom. The van der Waals surface area contributed by atoms with Crippen molar-refractivity contribution in [1.82, 2.24) is 4.98 Å². The molecule has 1 aromatic heterocycles. The summed E-state index contributed by atoms with van der Waals surface area (Å²) in [7, 11) is 2.88. The lowest BCUT2D eigenvalue weighted by Gasteiger charge is -2.04. The van der Waals surface area contributed by atoms with E-state index in [1.54, 1.807) is 12.5 Å². The molecule has 5 nitrogen and oxygen atoms in total. The van der Waals surface area contributed by atoms with Crippen molar-refractivity contribution in [3.8, 4) is 0 Å². The molecule has 0 amide bonds. The minimum atomic E-state index is -0.804. The van der Waals surface area contributed by atoms with E-state index < -0.39 is 12.0 Å². The fourth-order valence-corrected chi connectivity index (χ4v) is 1.71. The van der Waals surface area contributed by atoms with Gasteiger partial charge in [0.05, 0.1) is 19.4 Å². The molecule has 0 bridgehead atoms. The van der Waals surface area contributed by atoms with Crippen molar-refractivity contribution in [1.29, 1.82) is 0 Å². The highest BCUT2D eigenvalue weighted by atomic mass is 32.1. The summed E-state index contributed by atoms with van der Waals surface area (Å²) in [6.07, 6.45) is 0. The number of rotatable bonds is 4. The van der Waals surface area contributed by atoms with Crippen molar-refractivity contribution in [2.75, 3.05) is 14.2 Å². The van der Waals surface area contributed by atoms with Crippen molar-refractivity contribution in [2.45, 2.75) is 12.6 Å². The Labute approximate surface area is 85.8 Å². The molecule has 1 aromatic rings. The van der Waals surface area contributed by atoms with Crippen molar-refractivity contribution in [3.05, 3.63) is 16.1 Å². The molecule has 0 spiro atoms. The number of methoxy groups -OCH3 is 2. The number of carbonyl (C=O) groups excluding carboxylic acids is 1. The van der Waals surface area contributed by atoms with Crippen LogP contribution in [-0.2, 0) is 20.9 Å². The maximum absolute atomic E-state index is 11.1. The molecule has 0 saturated carbocycles. The van der Waals surface area contributed by atoms with Crippen LogP contribution in [0.15, 0.2) is 5.38 Å². The molecule has 1 atom stereocenters. The van der Waals surface area contributed by atoms with E-state index in [9.17, 15) is 4.79 Å². The number of aromatic nitrogens is 1. The third-order valence-corrected chi connectivity index (χ3v) is 2.45. The largest absolute Gasteiger partial charge is 0.468 e. The first-order chi connectivity index (χ1) is 6.69. The highest BCUT2D eigenvalue weighted by Gasteiger charge is 2.19. The number of hydrogen-bond donors (Lipinski definition) is 1. The summed E-state index contributed by atoms with van der Waals surface area (Å²) in [6.45, 7) is 0.429. The molecule has 1 heterocycles. The van der Waals surface area contributed by atoms with Crippen LogP contribution in [0.1, 0.15) is 16.7 Å². The van der Waals surface area contributed by atoms with Crippen molar-refractivity contribution < 1.29 is 14.3 Å². The molecule has 78 valence electrons. The Kier molecular flexibility index (Phi) is 3.99. The molecule has 2 N–H and O–H groups in total. The van der Waals surface area contributed by atoms with Gasteiger partial charge in [0.15, 0.2) is 0 Å². The predicted molar refractivity (Wildman–Crippen MR) is 51.8 cm³/mol. The minimum absolute atomic E-state index is 0.429. The minimum Gasteiger partial charge on any atom is -0.468 e. The Hall–Kier alpha value is -0.980. The summed E-state index contributed by atoms with van der Waals surface area (Å²) >= 11 is 1.41. The van der Waals surface area contributed by atoms with Gasteiger partial charge in [-0.3, -0.25) is 0 Å². The van der Waals surface area contributed by atoms with Gasteiger partial charge in [-0.25, -0.2) is 9.78 Å². The molecule has 0 aliphatic heterocycles. The zero-order valence-corrected chi connectivity index (χ0v) is 8.84. The van der Waals surface area contributed by atoms with E-state index in [0.29, 0.717) is 12.3 Å². The van der Waals surface area contributed by atoms with Gasteiger partial charge in [0.2, 0.25) is 0 Å². The Balaban J connectivity index is 2.70. The fraction of sp³-hybridized carbons (Fsp3) is 0.500. The van der Waals surface area contributed by atoms with Crippen LogP contribution in [0.4, 0.5) is 0 Å². The SMILES string of the molecule is COCc1nc(C(N)C(=O)OC)cs1. The van der Waals surface area contributed by atoms with Gasteiger partial charge in [-0.2, -0.15) is 0 Å². The smallest absolute Gasteiger partial charge is 0.328 e. The Morgan fingerprint density at radius 2 is 2.43 bits per heavy atom. The normalized spacial score (nSPS) is 12.5. The molecule has 0 aliphatic rings. The first kappa shape index (κ1) is 11.1. The van der Waals surface area contributed by atoms with E-state index >= 15 is 0 Å². The molecule has 0 radical (unpaired) electrons. The van der Waals surface area contributed by atoms with Crippen LogP contribution < -0.4 is 5.73 Å². The summed E-state index contributed by atoms with van der Waals surface area (Å²) in [4.78, 5) is 15.2. The second-order valence-corrected chi connectivity index (χ2v) is 3.54. The zero-order valence-electron chi connectivity index (χ0n) is 8.02. The molecular weight excluding hydrogens is 204 g/mol. The van der Waals surface area contributed by atoms with Crippen LogP contribution in [-0.4, -0.2) is 25.2 Å².